The maximum absolute atomic E-state index is 13.4. The summed E-state index contributed by atoms with van der Waals surface area (Å²) in [6.07, 6.45) is 0. The quantitative estimate of drug-likeness (QED) is 0.426. The fourth-order valence-corrected chi connectivity index (χ4v) is 3.72. The van der Waals surface area contributed by atoms with Crippen LogP contribution in [0.5, 0.6) is 5.75 Å². The minimum atomic E-state index is -0.361. The first-order valence-electron chi connectivity index (χ1n) is 11.1. The second kappa shape index (κ2) is 11.2. The van der Waals surface area contributed by atoms with Crippen molar-refractivity contribution >= 4 is 17.7 Å². The van der Waals surface area contributed by atoms with Gasteiger partial charge in [-0.3, -0.25) is 0 Å². The number of aryl methyl sites for hydroxylation is 1. The van der Waals surface area contributed by atoms with Crippen LogP contribution in [0.4, 0.5) is 10.5 Å². The maximum atomic E-state index is 13.4. The van der Waals surface area contributed by atoms with Gasteiger partial charge in [0.15, 0.2) is 0 Å². The summed E-state index contributed by atoms with van der Waals surface area (Å²) < 4.78 is 10.9. The lowest BCUT2D eigenvalue weighted by Gasteiger charge is -2.24. The molecule has 3 aromatic rings. The SMILES string of the molecule is CCOC(=O)c1c(C)[nH]c(CN(Cc2ccccc2)C(=O)Nc2ccccc2OCC)c1C. The molecule has 0 aliphatic carbocycles. The Morgan fingerprint density at radius 1 is 0.939 bits per heavy atom. The van der Waals surface area contributed by atoms with Crippen LogP contribution in [0.1, 0.15) is 46.7 Å². The number of H-pyrrole nitrogens is 1. The predicted molar refractivity (Wildman–Crippen MR) is 129 cm³/mol. The number of para-hydroxylation sites is 2. The van der Waals surface area contributed by atoms with Gasteiger partial charge >= 0.3 is 12.0 Å². The summed E-state index contributed by atoms with van der Waals surface area (Å²) in [5, 5.41) is 2.98. The smallest absolute Gasteiger partial charge is 0.340 e. The number of hydrogen-bond acceptors (Lipinski definition) is 4. The van der Waals surface area contributed by atoms with E-state index in [1.807, 2.05) is 75.4 Å². The molecule has 2 amide bonds. The van der Waals surface area contributed by atoms with Gasteiger partial charge in [-0.25, -0.2) is 9.59 Å². The third-order valence-corrected chi connectivity index (χ3v) is 5.30. The van der Waals surface area contributed by atoms with E-state index in [1.165, 1.54) is 0 Å². The van der Waals surface area contributed by atoms with Gasteiger partial charge in [0, 0.05) is 17.9 Å². The number of hydrogen-bond donors (Lipinski definition) is 2. The maximum Gasteiger partial charge on any atom is 0.340 e. The molecule has 0 bridgehead atoms. The van der Waals surface area contributed by atoms with Crippen LogP contribution in [0.15, 0.2) is 54.6 Å². The van der Waals surface area contributed by atoms with Crippen molar-refractivity contribution in [3.05, 3.63) is 82.7 Å². The molecule has 0 radical (unpaired) electrons. The minimum absolute atomic E-state index is 0.268. The Hall–Kier alpha value is -3.74. The van der Waals surface area contributed by atoms with Crippen LogP contribution in [0.2, 0.25) is 0 Å². The fraction of sp³-hybridized carbons (Fsp3) is 0.308. The van der Waals surface area contributed by atoms with Crippen LogP contribution in [-0.2, 0) is 17.8 Å². The van der Waals surface area contributed by atoms with Gasteiger partial charge in [-0.05, 0) is 51.0 Å². The van der Waals surface area contributed by atoms with Crippen molar-refractivity contribution in [1.82, 2.24) is 9.88 Å². The van der Waals surface area contributed by atoms with Crippen LogP contribution in [0.3, 0.4) is 0 Å². The van der Waals surface area contributed by atoms with E-state index in [4.69, 9.17) is 9.47 Å². The Labute approximate surface area is 194 Å². The van der Waals surface area contributed by atoms with Gasteiger partial charge in [0.2, 0.25) is 0 Å². The van der Waals surface area contributed by atoms with E-state index in [1.54, 1.807) is 11.8 Å². The number of carbonyl (C=O) groups excluding carboxylic acids is 2. The number of esters is 1. The largest absolute Gasteiger partial charge is 0.492 e. The number of rotatable bonds is 9. The molecule has 3 rings (SSSR count). The van der Waals surface area contributed by atoms with E-state index in [2.05, 4.69) is 10.3 Å². The summed E-state index contributed by atoms with van der Waals surface area (Å²) in [5.41, 5.74) is 4.42. The van der Waals surface area contributed by atoms with Gasteiger partial charge in [-0.15, -0.1) is 0 Å². The number of carbonyl (C=O) groups is 2. The third-order valence-electron chi connectivity index (χ3n) is 5.30. The number of nitrogens with zero attached hydrogens (tertiary/aromatic N) is 1. The number of nitrogens with one attached hydrogen (secondary N) is 2. The lowest BCUT2D eigenvalue weighted by atomic mass is 10.1. The van der Waals surface area contributed by atoms with E-state index in [-0.39, 0.29) is 12.0 Å². The highest BCUT2D eigenvalue weighted by molar-refractivity contribution is 5.93. The number of benzene rings is 2. The summed E-state index contributed by atoms with van der Waals surface area (Å²) in [4.78, 5) is 30.7. The topological polar surface area (TPSA) is 83.7 Å². The van der Waals surface area contributed by atoms with Crippen molar-refractivity contribution in [3.8, 4) is 5.75 Å². The average Bonchev–Trinajstić information content (AvgIpc) is 3.08. The first-order valence-corrected chi connectivity index (χ1v) is 11.1. The normalized spacial score (nSPS) is 10.5. The van der Waals surface area contributed by atoms with E-state index < -0.39 is 0 Å². The number of urea groups is 1. The Bertz CT molecular complexity index is 1090. The lowest BCUT2D eigenvalue weighted by molar-refractivity contribution is 0.0525. The number of ether oxygens (including phenoxy) is 2. The second-order valence-electron chi connectivity index (χ2n) is 7.65. The highest BCUT2D eigenvalue weighted by Gasteiger charge is 2.23. The molecule has 0 saturated carbocycles. The fourth-order valence-electron chi connectivity index (χ4n) is 3.72. The van der Waals surface area contributed by atoms with Crippen LogP contribution in [-0.4, -0.2) is 35.1 Å². The van der Waals surface area contributed by atoms with Crippen molar-refractivity contribution in [1.29, 1.82) is 0 Å². The number of aromatic nitrogens is 1. The zero-order valence-corrected chi connectivity index (χ0v) is 19.6. The summed E-state index contributed by atoms with van der Waals surface area (Å²) in [5.74, 6) is 0.254. The van der Waals surface area contributed by atoms with Gasteiger partial charge in [0.1, 0.15) is 5.75 Å². The molecule has 0 aliphatic heterocycles. The van der Waals surface area contributed by atoms with E-state index in [0.29, 0.717) is 43.3 Å². The molecule has 0 unspecified atom stereocenters. The highest BCUT2D eigenvalue weighted by atomic mass is 16.5. The first-order chi connectivity index (χ1) is 15.9. The number of anilines is 1. The van der Waals surface area contributed by atoms with E-state index in [0.717, 1.165) is 22.5 Å². The molecule has 1 heterocycles. The summed E-state index contributed by atoms with van der Waals surface area (Å²) in [6.45, 7) is 8.88. The molecule has 0 atom stereocenters. The minimum Gasteiger partial charge on any atom is -0.492 e. The molecule has 2 N–H and O–H groups in total. The van der Waals surface area contributed by atoms with Crippen LogP contribution < -0.4 is 10.1 Å². The van der Waals surface area contributed by atoms with Crippen LogP contribution >= 0.6 is 0 Å². The molecule has 0 fully saturated rings. The molecule has 0 aliphatic rings. The van der Waals surface area contributed by atoms with E-state index in [9.17, 15) is 9.59 Å². The Morgan fingerprint density at radius 3 is 2.33 bits per heavy atom. The number of amides is 2. The second-order valence-corrected chi connectivity index (χ2v) is 7.65. The molecule has 174 valence electrons. The molecule has 0 spiro atoms. The Morgan fingerprint density at radius 2 is 1.64 bits per heavy atom. The van der Waals surface area contributed by atoms with Crippen molar-refractivity contribution in [2.24, 2.45) is 0 Å². The molecule has 2 aromatic carbocycles. The average molecular weight is 450 g/mol. The molecule has 7 heteroatoms. The molecule has 7 nitrogen and oxygen atoms in total. The zero-order valence-electron chi connectivity index (χ0n) is 19.6. The molecular weight excluding hydrogens is 418 g/mol. The van der Waals surface area contributed by atoms with Gasteiger partial charge in [-0.2, -0.15) is 0 Å². The number of aromatic amines is 1. The molecule has 33 heavy (non-hydrogen) atoms. The summed E-state index contributed by atoms with van der Waals surface area (Å²) in [6, 6.07) is 16.9. The summed E-state index contributed by atoms with van der Waals surface area (Å²) >= 11 is 0. The monoisotopic (exact) mass is 449 g/mol. The Balaban J connectivity index is 1.89. The van der Waals surface area contributed by atoms with Gasteiger partial charge in [0.25, 0.3) is 0 Å². The Kier molecular flexibility index (Phi) is 8.13. The van der Waals surface area contributed by atoms with Gasteiger partial charge in [0.05, 0.1) is 31.0 Å². The van der Waals surface area contributed by atoms with Crippen molar-refractivity contribution in [2.45, 2.75) is 40.8 Å². The molecular formula is C26H31N3O4. The highest BCUT2D eigenvalue weighted by Crippen LogP contribution is 2.26. The van der Waals surface area contributed by atoms with E-state index >= 15 is 0 Å². The third kappa shape index (κ3) is 5.94. The van der Waals surface area contributed by atoms with Crippen molar-refractivity contribution in [2.75, 3.05) is 18.5 Å². The van der Waals surface area contributed by atoms with Crippen LogP contribution in [0.25, 0.3) is 0 Å². The molecule has 1 aromatic heterocycles. The van der Waals surface area contributed by atoms with Gasteiger partial charge < -0.3 is 24.7 Å². The van der Waals surface area contributed by atoms with Crippen molar-refractivity contribution in [3.63, 3.8) is 0 Å². The predicted octanol–water partition coefficient (Wildman–Crippen LogP) is 5.44. The lowest BCUT2D eigenvalue weighted by Crippen LogP contribution is -2.34. The van der Waals surface area contributed by atoms with Crippen molar-refractivity contribution < 1.29 is 19.1 Å². The summed E-state index contributed by atoms with van der Waals surface area (Å²) in [7, 11) is 0. The zero-order chi connectivity index (χ0) is 23.8. The van der Waals surface area contributed by atoms with Gasteiger partial charge in [-0.1, -0.05) is 42.5 Å². The van der Waals surface area contributed by atoms with Crippen LogP contribution in [0, 0.1) is 13.8 Å². The first kappa shape index (κ1) is 23.9. The molecule has 0 saturated heterocycles. The standard InChI is InChI=1S/C26H31N3O4/c1-5-32-23-15-11-10-14-21(23)28-26(31)29(16-20-12-8-7-9-13-20)17-22-18(3)24(19(4)27-22)25(30)33-6-2/h7-15,27H,5-6,16-17H2,1-4H3,(H,28,31).